The van der Waals surface area contributed by atoms with Crippen LogP contribution in [0.4, 0.5) is 0 Å². The lowest BCUT2D eigenvalue weighted by Gasteiger charge is -2.20. The van der Waals surface area contributed by atoms with Gasteiger partial charge in [-0.05, 0) is 31.4 Å². The van der Waals surface area contributed by atoms with Crippen LogP contribution in [0.1, 0.15) is 36.8 Å². The molecule has 1 amide bonds. The summed E-state index contributed by atoms with van der Waals surface area (Å²) in [5.41, 5.74) is 6.16. The predicted octanol–water partition coefficient (Wildman–Crippen LogP) is 1.89. The average molecular weight is 340 g/mol. The van der Waals surface area contributed by atoms with Crippen molar-refractivity contribution in [1.29, 1.82) is 0 Å². The first kappa shape index (κ1) is 15.7. The molecular formula is C18H20N4O3. The zero-order chi connectivity index (χ0) is 17.2. The molecule has 7 nitrogen and oxygen atoms in total. The van der Waals surface area contributed by atoms with Gasteiger partial charge in [0.05, 0.1) is 12.1 Å². The summed E-state index contributed by atoms with van der Waals surface area (Å²) in [7, 11) is 0. The summed E-state index contributed by atoms with van der Waals surface area (Å²) in [5.74, 6) is 2.57. The molecule has 2 N–H and O–H groups in total. The van der Waals surface area contributed by atoms with Gasteiger partial charge in [-0.2, -0.15) is 5.10 Å². The Morgan fingerprint density at radius 1 is 1.24 bits per heavy atom. The predicted molar refractivity (Wildman–Crippen MR) is 91.0 cm³/mol. The number of carbonyl (C=O) groups excluding carboxylic acids is 1. The fraction of sp³-hybridized carbons (Fsp3) is 0.389. The number of nitrogens with two attached hydrogens (primary N) is 1. The van der Waals surface area contributed by atoms with Gasteiger partial charge in [-0.1, -0.05) is 12.2 Å². The van der Waals surface area contributed by atoms with E-state index in [2.05, 4.69) is 22.2 Å². The first-order chi connectivity index (χ1) is 12.2. The highest BCUT2D eigenvalue weighted by atomic mass is 16.6. The molecule has 1 unspecified atom stereocenters. The van der Waals surface area contributed by atoms with Crippen molar-refractivity contribution in [1.82, 2.24) is 14.8 Å². The van der Waals surface area contributed by atoms with Crippen LogP contribution in [0.3, 0.4) is 0 Å². The number of fused-ring (bicyclic) bond motifs is 1. The van der Waals surface area contributed by atoms with Crippen molar-refractivity contribution >= 4 is 5.91 Å². The molecule has 0 bridgehead atoms. The minimum absolute atomic E-state index is 0.0348. The number of nitrogens with zero attached hydrogens (tertiary/aromatic N) is 3. The number of amides is 1. The second-order valence-corrected chi connectivity index (χ2v) is 6.25. The Labute approximate surface area is 145 Å². The molecule has 2 heterocycles. The average Bonchev–Trinajstić information content (AvgIpc) is 3.05. The largest absolute Gasteiger partial charge is 0.486 e. The van der Waals surface area contributed by atoms with Crippen LogP contribution < -0.4 is 15.2 Å². The van der Waals surface area contributed by atoms with Gasteiger partial charge in [0, 0.05) is 12.0 Å². The molecule has 1 aliphatic carbocycles. The lowest BCUT2D eigenvalue weighted by Crippen LogP contribution is -2.16. The molecule has 0 fully saturated rings. The fourth-order valence-corrected chi connectivity index (χ4v) is 3.25. The fourth-order valence-electron chi connectivity index (χ4n) is 3.25. The van der Waals surface area contributed by atoms with Gasteiger partial charge in [-0.3, -0.25) is 4.79 Å². The first-order valence-corrected chi connectivity index (χ1v) is 8.50. The smallest absolute Gasteiger partial charge is 0.225 e. The third-order valence-corrected chi connectivity index (χ3v) is 4.41. The Kier molecular flexibility index (Phi) is 4.13. The molecule has 2 aromatic rings. The van der Waals surface area contributed by atoms with Gasteiger partial charge in [-0.25, -0.2) is 9.67 Å². The summed E-state index contributed by atoms with van der Waals surface area (Å²) >= 11 is 0. The molecule has 0 saturated heterocycles. The molecule has 1 atom stereocenters. The summed E-state index contributed by atoms with van der Waals surface area (Å²) in [4.78, 5) is 15.9. The van der Waals surface area contributed by atoms with E-state index >= 15 is 0 Å². The number of aromatic nitrogens is 3. The lowest BCUT2D eigenvalue weighted by atomic mass is 9.93. The molecule has 1 aromatic carbocycles. The van der Waals surface area contributed by atoms with E-state index in [4.69, 9.17) is 15.2 Å². The Hall–Kier alpha value is -2.83. The van der Waals surface area contributed by atoms with Gasteiger partial charge >= 0.3 is 0 Å². The highest BCUT2D eigenvalue weighted by molar-refractivity contribution is 5.75. The summed E-state index contributed by atoms with van der Waals surface area (Å²) in [6.07, 6.45) is 7.34. The SMILES string of the molecule is NC(=O)Cc1nc(C2CC=CCC2)n(-c2ccc3c(c2)OCCO3)n1. The van der Waals surface area contributed by atoms with Crippen LogP contribution in [0.15, 0.2) is 30.4 Å². The monoisotopic (exact) mass is 340 g/mol. The highest BCUT2D eigenvalue weighted by Gasteiger charge is 2.23. The maximum Gasteiger partial charge on any atom is 0.225 e. The van der Waals surface area contributed by atoms with Crippen molar-refractivity contribution in [2.45, 2.75) is 31.6 Å². The second-order valence-electron chi connectivity index (χ2n) is 6.25. The third-order valence-electron chi connectivity index (χ3n) is 4.41. The van der Waals surface area contributed by atoms with Crippen molar-refractivity contribution in [3.63, 3.8) is 0 Å². The number of benzene rings is 1. The van der Waals surface area contributed by atoms with Gasteiger partial charge in [0.2, 0.25) is 5.91 Å². The van der Waals surface area contributed by atoms with Crippen molar-refractivity contribution in [2.75, 3.05) is 13.2 Å². The molecule has 0 spiro atoms. The van der Waals surface area contributed by atoms with Crippen molar-refractivity contribution in [2.24, 2.45) is 5.73 Å². The number of allylic oxidation sites excluding steroid dienone is 2. The van der Waals surface area contributed by atoms with E-state index in [1.807, 2.05) is 18.2 Å². The normalized spacial score (nSPS) is 19.0. The van der Waals surface area contributed by atoms with Crippen molar-refractivity contribution in [3.05, 3.63) is 42.0 Å². The number of rotatable bonds is 4. The number of carbonyl (C=O) groups is 1. The maximum atomic E-state index is 11.3. The van der Waals surface area contributed by atoms with Crippen LogP contribution in [0, 0.1) is 0 Å². The van der Waals surface area contributed by atoms with Crippen LogP contribution >= 0.6 is 0 Å². The van der Waals surface area contributed by atoms with E-state index in [1.165, 1.54) is 0 Å². The molecule has 7 heteroatoms. The Bertz CT molecular complexity index is 828. The quantitative estimate of drug-likeness (QED) is 0.858. The molecule has 0 radical (unpaired) electrons. The first-order valence-electron chi connectivity index (χ1n) is 8.50. The van der Waals surface area contributed by atoms with Gasteiger partial charge in [0.25, 0.3) is 0 Å². The van der Waals surface area contributed by atoms with Crippen molar-refractivity contribution in [3.8, 4) is 17.2 Å². The topological polar surface area (TPSA) is 92.3 Å². The molecule has 0 saturated carbocycles. The van der Waals surface area contributed by atoms with Crippen LogP contribution in [-0.4, -0.2) is 33.9 Å². The number of hydrogen-bond donors (Lipinski definition) is 1. The molecule has 130 valence electrons. The van der Waals surface area contributed by atoms with E-state index < -0.39 is 5.91 Å². The molecule has 2 aliphatic rings. The van der Waals surface area contributed by atoms with Gasteiger partial charge in [-0.15, -0.1) is 0 Å². The number of ether oxygens (including phenoxy) is 2. The Morgan fingerprint density at radius 3 is 2.84 bits per heavy atom. The zero-order valence-electron chi connectivity index (χ0n) is 13.9. The second kappa shape index (κ2) is 6.58. The third kappa shape index (κ3) is 3.22. The van der Waals surface area contributed by atoms with E-state index in [-0.39, 0.29) is 12.3 Å². The summed E-state index contributed by atoms with van der Waals surface area (Å²) in [6.45, 7) is 1.08. The summed E-state index contributed by atoms with van der Waals surface area (Å²) in [5, 5.41) is 4.53. The summed E-state index contributed by atoms with van der Waals surface area (Å²) in [6, 6.07) is 5.71. The van der Waals surface area contributed by atoms with Crippen LogP contribution in [-0.2, 0) is 11.2 Å². The van der Waals surface area contributed by atoms with Gasteiger partial charge in [0.1, 0.15) is 19.0 Å². The minimum Gasteiger partial charge on any atom is -0.486 e. The minimum atomic E-state index is -0.436. The highest BCUT2D eigenvalue weighted by Crippen LogP contribution is 2.34. The Balaban J connectivity index is 1.75. The lowest BCUT2D eigenvalue weighted by molar-refractivity contribution is -0.117. The summed E-state index contributed by atoms with van der Waals surface area (Å²) < 4.78 is 13.1. The number of hydrogen-bond acceptors (Lipinski definition) is 5. The van der Waals surface area contributed by atoms with Gasteiger partial charge in [0.15, 0.2) is 17.3 Å². The van der Waals surface area contributed by atoms with Crippen LogP contribution in [0.25, 0.3) is 5.69 Å². The van der Waals surface area contributed by atoms with Crippen molar-refractivity contribution < 1.29 is 14.3 Å². The molecular weight excluding hydrogens is 320 g/mol. The molecule has 4 rings (SSSR count). The zero-order valence-corrected chi connectivity index (χ0v) is 13.9. The molecule has 1 aliphatic heterocycles. The van der Waals surface area contributed by atoms with Crippen LogP contribution in [0.2, 0.25) is 0 Å². The standard InChI is InChI=1S/C18H20N4O3/c19-16(23)11-17-20-18(12-4-2-1-3-5-12)22(21-17)13-6-7-14-15(10-13)25-9-8-24-14/h1-2,6-7,10,12H,3-5,8-9,11H2,(H2,19,23). The maximum absolute atomic E-state index is 11.3. The molecule has 1 aromatic heterocycles. The Morgan fingerprint density at radius 2 is 2.08 bits per heavy atom. The molecule has 25 heavy (non-hydrogen) atoms. The van der Waals surface area contributed by atoms with Gasteiger partial charge < -0.3 is 15.2 Å². The van der Waals surface area contributed by atoms with E-state index in [9.17, 15) is 4.79 Å². The van der Waals surface area contributed by atoms with Crippen LogP contribution in [0.5, 0.6) is 11.5 Å². The van der Waals surface area contributed by atoms with E-state index in [0.717, 1.165) is 36.5 Å². The van der Waals surface area contributed by atoms with E-state index in [1.54, 1.807) is 4.68 Å². The number of primary amides is 1. The van der Waals surface area contributed by atoms with E-state index in [0.29, 0.717) is 24.8 Å².